The second kappa shape index (κ2) is 9.46. The molecule has 0 atom stereocenters. The second-order valence-electron chi connectivity index (χ2n) is 8.15. The predicted molar refractivity (Wildman–Crippen MR) is 127 cm³/mol. The summed E-state index contributed by atoms with van der Waals surface area (Å²) in [6.45, 7) is 3.44. The van der Waals surface area contributed by atoms with Gasteiger partial charge in [0.05, 0.1) is 18.2 Å². The lowest BCUT2D eigenvalue weighted by atomic mass is 9.89. The molecule has 2 heterocycles. The maximum Gasteiger partial charge on any atom is 0.253 e. The molecule has 1 fully saturated rings. The van der Waals surface area contributed by atoms with E-state index >= 15 is 0 Å². The molecule has 7 heteroatoms. The van der Waals surface area contributed by atoms with E-state index in [-0.39, 0.29) is 12.3 Å². The number of piperidine rings is 1. The first-order valence-electron chi connectivity index (χ1n) is 10.8. The van der Waals surface area contributed by atoms with Crippen molar-refractivity contribution in [3.63, 3.8) is 0 Å². The van der Waals surface area contributed by atoms with Crippen LogP contribution in [0.2, 0.25) is 5.15 Å². The molecule has 1 saturated heterocycles. The van der Waals surface area contributed by atoms with Crippen molar-refractivity contribution in [2.75, 3.05) is 25.5 Å². The van der Waals surface area contributed by atoms with Crippen molar-refractivity contribution >= 4 is 23.2 Å². The Kier molecular flexibility index (Phi) is 6.48. The number of aromatic nitrogens is 2. The van der Waals surface area contributed by atoms with E-state index in [1.54, 1.807) is 0 Å². The number of aromatic amines is 1. The third-order valence-electron chi connectivity index (χ3n) is 6.16. The largest absolute Gasteiger partial charge is 0.388 e. The lowest BCUT2D eigenvalue weighted by molar-refractivity contribution is 0.0713. The number of nitriles is 1. The lowest BCUT2D eigenvalue weighted by Crippen LogP contribution is -2.37. The molecular formula is C25H26ClN5O. The number of hydrogen-bond acceptors (Lipinski definition) is 4. The van der Waals surface area contributed by atoms with Crippen LogP contribution in [-0.2, 0) is 6.42 Å². The molecule has 0 unspecified atom stereocenters. The van der Waals surface area contributed by atoms with Crippen molar-refractivity contribution in [3.8, 4) is 17.3 Å². The summed E-state index contributed by atoms with van der Waals surface area (Å²) in [4.78, 5) is 22.5. The van der Waals surface area contributed by atoms with Crippen LogP contribution in [0.15, 0.2) is 42.5 Å². The summed E-state index contributed by atoms with van der Waals surface area (Å²) in [5.41, 5.74) is 5.53. The lowest BCUT2D eigenvalue weighted by Gasteiger charge is -2.32. The molecule has 0 radical (unpaired) electrons. The van der Waals surface area contributed by atoms with Gasteiger partial charge in [-0.05, 0) is 61.1 Å². The number of amides is 1. The van der Waals surface area contributed by atoms with Crippen molar-refractivity contribution in [3.05, 3.63) is 70.1 Å². The number of nitrogens with zero attached hydrogens (tertiary/aromatic N) is 3. The Bertz CT molecular complexity index is 1150. The van der Waals surface area contributed by atoms with E-state index in [0.717, 1.165) is 42.7 Å². The van der Waals surface area contributed by atoms with Gasteiger partial charge in [0.25, 0.3) is 5.91 Å². The third-order valence-corrected chi connectivity index (χ3v) is 6.44. The number of carbonyl (C=O) groups excluding carboxylic acids is 1. The van der Waals surface area contributed by atoms with E-state index in [9.17, 15) is 4.79 Å². The summed E-state index contributed by atoms with van der Waals surface area (Å²) >= 11 is 6.31. The molecule has 2 aromatic carbocycles. The Hall–Kier alpha value is -3.30. The number of carbonyl (C=O) groups is 1. The van der Waals surface area contributed by atoms with E-state index in [1.165, 1.54) is 5.56 Å². The summed E-state index contributed by atoms with van der Waals surface area (Å²) < 4.78 is 0. The highest BCUT2D eigenvalue weighted by Gasteiger charge is 2.25. The van der Waals surface area contributed by atoms with Gasteiger partial charge in [-0.1, -0.05) is 29.8 Å². The highest BCUT2D eigenvalue weighted by Crippen LogP contribution is 2.32. The molecule has 0 saturated carbocycles. The SMILES string of the molecule is CNc1ccc(C2CCN(C(=O)c3ccc(C)c(-c4[nH]c(CC#N)nc4Cl)c3)CC2)cc1. The van der Waals surface area contributed by atoms with Crippen LogP contribution >= 0.6 is 11.6 Å². The molecule has 3 aromatic rings. The van der Waals surface area contributed by atoms with E-state index in [1.807, 2.05) is 37.1 Å². The standard InChI is InChI=1S/C25H26ClN5O/c1-16-3-4-19(15-21(16)23-24(26)30-22(29-23)9-12-27)25(32)31-13-10-18(11-14-31)17-5-7-20(28-2)8-6-17/h3-8,15,18,28H,9-11,13-14H2,1-2H3,(H,29,30). The fourth-order valence-electron chi connectivity index (χ4n) is 4.28. The Labute approximate surface area is 193 Å². The Balaban J connectivity index is 1.48. The number of halogens is 1. The highest BCUT2D eigenvalue weighted by atomic mass is 35.5. The smallest absolute Gasteiger partial charge is 0.253 e. The first-order chi connectivity index (χ1) is 15.5. The Morgan fingerprint density at radius 2 is 1.97 bits per heavy atom. The van der Waals surface area contributed by atoms with E-state index in [2.05, 4.69) is 45.6 Å². The van der Waals surface area contributed by atoms with E-state index in [4.69, 9.17) is 16.9 Å². The molecule has 0 spiro atoms. The molecule has 1 amide bonds. The van der Waals surface area contributed by atoms with Crippen molar-refractivity contribution in [1.29, 1.82) is 5.26 Å². The molecule has 2 N–H and O–H groups in total. The number of rotatable bonds is 5. The fraction of sp³-hybridized carbons (Fsp3) is 0.320. The van der Waals surface area contributed by atoms with Crippen molar-refractivity contribution in [1.82, 2.24) is 14.9 Å². The molecule has 0 aliphatic carbocycles. The first kappa shape index (κ1) is 21.9. The molecule has 32 heavy (non-hydrogen) atoms. The minimum absolute atomic E-state index is 0.0307. The van der Waals surface area contributed by atoms with Crippen LogP contribution in [-0.4, -0.2) is 40.9 Å². The molecule has 6 nitrogen and oxygen atoms in total. The van der Waals surface area contributed by atoms with Gasteiger partial charge < -0.3 is 15.2 Å². The zero-order valence-corrected chi connectivity index (χ0v) is 19.0. The fourth-order valence-corrected chi connectivity index (χ4v) is 4.53. The number of benzene rings is 2. The topological polar surface area (TPSA) is 84.8 Å². The van der Waals surface area contributed by atoms with Crippen LogP contribution in [0.5, 0.6) is 0 Å². The summed E-state index contributed by atoms with van der Waals surface area (Å²) in [7, 11) is 1.92. The van der Waals surface area contributed by atoms with Gasteiger partial charge in [-0.25, -0.2) is 4.98 Å². The average molecular weight is 448 g/mol. The molecule has 4 rings (SSSR count). The molecule has 1 aliphatic rings. The number of nitrogens with one attached hydrogen (secondary N) is 2. The quantitative estimate of drug-likeness (QED) is 0.565. The van der Waals surface area contributed by atoms with Gasteiger partial charge in [0.15, 0.2) is 5.15 Å². The highest BCUT2D eigenvalue weighted by molar-refractivity contribution is 6.32. The van der Waals surface area contributed by atoms with Crippen LogP contribution < -0.4 is 5.32 Å². The first-order valence-corrected chi connectivity index (χ1v) is 11.2. The number of imidazole rings is 1. The molecule has 164 valence electrons. The van der Waals surface area contributed by atoms with Crippen LogP contribution in [0.4, 0.5) is 5.69 Å². The van der Waals surface area contributed by atoms with E-state index in [0.29, 0.717) is 28.2 Å². The van der Waals surface area contributed by atoms with Gasteiger partial charge in [-0.2, -0.15) is 5.26 Å². The number of anilines is 1. The van der Waals surface area contributed by atoms with Crippen LogP contribution in [0.25, 0.3) is 11.3 Å². The van der Waals surface area contributed by atoms with Crippen LogP contribution in [0, 0.1) is 18.3 Å². The number of H-pyrrole nitrogens is 1. The molecular weight excluding hydrogens is 422 g/mol. The van der Waals surface area contributed by atoms with Crippen molar-refractivity contribution in [2.24, 2.45) is 0 Å². The van der Waals surface area contributed by atoms with Gasteiger partial charge in [0.2, 0.25) is 0 Å². The average Bonchev–Trinajstić information content (AvgIpc) is 3.19. The molecule has 0 bridgehead atoms. The normalized spacial score (nSPS) is 14.2. The van der Waals surface area contributed by atoms with Gasteiger partial charge in [0.1, 0.15) is 5.82 Å². The van der Waals surface area contributed by atoms with Crippen LogP contribution in [0.3, 0.4) is 0 Å². The minimum atomic E-state index is 0.0307. The molecule has 1 aliphatic heterocycles. The number of likely N-dealkylation sites (tertiary alicyclic amines) is 1. The second-order valence-corrected chi connectivity index (χ2v) is 8.51. The predicted octanol–water partition coefficient (Wildman–Crippen LogP) is 5.17. The van der Waals surface area contributed by atoms with Gasteiger partial charge in [-0.3, -0.25) is 4.79 Å². The molecule has 1 aromatic heterocycles. The third kappa shape index (κ3) is 4.49. The zero-order valence-electron chi connectivity index (χ0n) is 18.3. The number of aryl methyl sites for hydroxylation is 1. The maximum absolute atomic E-state index is 13.2. The van der Waals surface area contributed by atoms with Crippen molar-refractivity contribution < 1.29 is 4.79 Å². The van der Waals surface area contributed by atoms with E-state index < -0.39 is 0 Å². The van der Waals surface area contributed by atoms with Crippen molar-refractivity contribution in [2.45, 2.75) is 32.1 Å². The summed E-state index contributed by atoms with van der Waals surface area (Å²) in [5, 5.41) is 12.4. The van der Waals surface area contributed by atoms with Gasteiger partial charge >= 0.3 is 0 Å². The van der Waals surface area contributed by atoms with Crippen LogP contribution in [0.1, 0.15) is 46.1 Å². The Morgan fingerprint density at radius 3 is 2.62 bits per heavy atom. The van der Waals surface area contributed by atoms with Gasteiger partial charge in [-0.15, -0.1) is 0 Å². The monoisotopic (exact) mass is 447 g/mol. The minimum Gasteiger partial charge on any atom is -0.388 e. The van der Waals surface area contributed by atoms with Gasteiger partial charge in [0, 0.05) is 37.0 Å². The zero-order chi connectivity index (χ0) is 22.7. The Morgan fingerprint density at radius 1 is 1.25 bits per heavy atom. The summed E-state index contributed by atoms with van der Waals surface area (Å²) in [6.07, 6.45) is 2.06. The number of hydrogen-bond donors (Lipinski definition) is 2. The summed E-state index contributed by atoms with van der Waals surface area (Å²) in [5.74, 6) is 1.03. The summed E-state index contributed by atoms with van der Waals surface area (Å²) in [6, 6.07) is 16.3. The maximum atomic E-state index is 13.2.